The number of amides is 1. The Morgan fingerprint density at radius 3 is 2.29 bits per heavy atom. The van der Waals surface area contributed by atoms with Crippen LogP contribution in [-0.4, -0.2) is 23.6 Å². The minimum absolute atomic E-state index is 0.349. The van der Waals surface area contributed by atoms with Crippen LogP contribution in [-0.2, 0) is 4.74 Å². The number of allylic oxidation sites excluding steroid dienone is 3. The Labute approximate surface area is 86.0 Å². The maximum Gasteiger partial charge on any atom is 0.414 e. The third-order valence-corrected chi connectivity index (χ3v) is 1.29. The van der Waals surface area contributed by atoms with E-state index < -0.39 is 5.60 Å². The van der Waals surface area contributed by atoms with Crippen LogP contribution in [0.5, 0.6) is 0 Å². The normalized spacial score (nSPS) is 12.4. The summed E-state index contributed by atoms with van der Waals surface area (Å²) in [6.45, 7) is 7.44. The van der Waals surface area contributed by atoms with E-state index in [1.54, 1.807) is 19.3 Å². The molecule has 0 bridgehead atoms. The fourth-order valence-corrected chi connectivity index (χ4v) is 0.685. The first kappa shape index (κ1) is 12.8. The van der Waals surface area contributed by atoms with Crippen LogP contribution in [0, 0.1) is 0 Å². The number of rotatable bonds is 2. The van der Waals surface area contributed by atoms with E-state index >= 15 is 0 Å². The van der Waals surface area contributed by atoms with Gasteiger partial charge in [-0.15, -0.1) is 0 Å². The monoisotopic (exact) mass is 197 g/mol. The third kappa shape index (κ3) is 6.29. The smallest absolute Gasteiger partial charge is 0.414 e. The SMILES string of the molecule is C/C=C/C=C/N(C)C(=O)OC(C)(C)C. The van der Waals surface area contributed by atoms with Crippen LogP contribution in [0.3, 0.4) is 0 Å². The van der Waals surface area contributed by atoms with E-state index in [-0.39, 0.29) is 6.09 Å². The molecule has 0 saturated carbocycles. The highest BCUT2D eigenvalue weighted by Crippen LogP contribution is 2.08. The minimum atomic E-state index is -0.445. The molecule has 0 rings (SSSR count). The van der Waals surface area contributed by atoms with Gasteiger partial charge in [0.25, 0.3) is 0 Å². The molecule has 0 unspecified atom stereocenters. The maximum atomic E-state index is 11.4. The molecule has 14 heavy (non-hydrogen) atoms. The molecule has 0 aliphatic heterocycles. The van der Waals surface area contributed by atoms with Gasteiger partial charge in [-0.2, -0.15) is 0 Å². The van der Waals surface area contributed by atoms with Gasteiger partial charge in [0.15, 0.2) is 0 Å². The molecule has 0 atom stereocenters. The fourth-order valence-electron chi connectivity index (χ4n) is 0.685. The van der Waals surface area contributed by atoms with Gasteiger partial charge in [0, 0.05) is 13.2 Å². The van der Waals surface area contributed by atoms with Crippen LogP contribution in [0.1, 0.15) is 27.7 Å². The Morgan fingerprint density at radius 2 is 1.86 bits per heavy atom. The van der Waals surface area contributed by atoms with Crippen molar-refractivity contribution in [2.24, 2.45) is 0 Å². The highest BCUT2D eigenvalue weighted by Gasteiger charge is 2.17. The molecule has 0 aliphatic rings. The Morgan fingerprint density at radius 1 is 1.29 bits per heavy atom. The van der Waals surface area contributed by atoms with Crippen molar-refractivity contribution in [3.63, 3.8) is 0 Å². The predicted octanol–water partition coefficient (Wildman–Crippen LogP) is 2.94. The van der Waals surface area contributed by atoms with Crippen LogP contribution in [0.4, 0.5) is 4.79 Å². The summed E-state index contributed by atoms with van der Waals surface area (Å²) in [7, 11) is 1.66. The first-order valence-electron chi connectivity index (χ1n) is 4.62. The van der Waals surface area contributed by atoms with Crippen molar-refractivity contribution < 1.29 is 9.53 Å². The summed E-state index contributed by atoms with van der Waals surface area (Å²) in [5, 5.41) is 0. The Balaban J connectivity index is 4.13. The lowest BCUT2D eigenvalue weighted by Gasteiger charge is -2.22. The molecule has 0 aromatic rings. The van der Waals surface area contributed by atoms with Crippen molar-refractivity contribution in [3.05, 3.63) is 24.4 Å². The van der Waals surface area contributed by atoms with Crippen molar-refractivity contribution in [2.45, 2.75) is 33.3 Å². The van der Waals surface area contributed by atoms with E-state index in [0.29, 0.717) is 0 Å². The highest BCUT2D eigenvalue weighted by molar-refractivity contribution is 5.68. The molecule has 0 N–H and O–H groups in total. The van der Waals surface area contributed by atoms with Crippen molar-refractivity contribution in [3.8, 4) is 0 Å². The average Bonchev–Trinajstić information content (AvgIpc) is 2.01. The lowest BCUT2D eigenvalue weighted by Crippen LogP contribution is -2.31. The molecule has 0 aromatic heterocycles. The molecular weight excluding hydrogens is 178 g/mol. The zero-order chi connectivity index (χ0) is 11.2. The number of nitrogens with zero attached hydrogens (tertiary/aromatic N) is 1. The molecule has 0 fully saturated rings. The van der Waals surface area contributed by atoms with Crippen molar-refractivity contribution in [1.82, 2.24) is 4.90 Å². The molecule has 0 spiro atoms. The van der Waals surface area contributed by atoms with Gasteiger partial charge in [0.2, 0.25) is 0 Å². The quantitative estimate of drug-likeness (QED) is 0.637. The molecule has 3 heteroatoms. The molecule has 0 aromatic carbocycles. The molecular formula is C11H19NO2. The van der Waals surface area contributed by atoms with Crippen molar-refractivity contribution >= 4 is 6.09 Å². The van der Waals surface area contributed by atoms with Crippen molar-refractivity contribution in [1.29, 1.82) is 0 Å². The second-order valence-electron chi connectivity index (χ2n) is 3.96. The molecule has 1 amide bonds. The third-order valence-electron chi connectivity index (χ3n) is 1.29. The Bertz CT molecular complexity index is 236. The van der Waals surface area contributed by atoms with Gasteiger partial charge in [0.1, 0.15) is 5.60 Å². The van der Waals surface area contributed by atoms with E-state index in [2.05, 4.69) is 0 Å². The van der Waals surface area contributed by atoms with Gasteiger partial charge in [-0.1, -0.05) is 12.2 Å². The topological polar surface area (TPSA) is 29.5 Å². The number of hydrogen-bond donors (Lipinski definition) is 0. The van der Waals surface area contributed by atoms with Crippen LogP contribution in [0.2, 0.25) is 0 Å². The lowest BCUT2D eigenvalue weighted by atomic mass is 10.2. The van der Waals surface area contributed by atoms with Crippen molar-refractivity contribution in [2.75, 3.05) is 7.05 Å². The first-order chi connectivity index (χ1) is 6.37. The Kier molecular flexibility index (Phi) is 4.99. The van der Waals surface area contributed by atoms with E-state index in [9.17, 15) is 4.79 Å². The summed E-state index contributed by atoms with van der Waals surface area (Å²) in [6, 6.07) is 0. The summed E-state index contributed by atoms with van der Waals surface area (Å²) in [5.74, 6) is 0. The number of ether oxygens (including phenoxy) is 1. The standard InChI is InChI=1S/C11H19NO2/c1-6-7-8-9-12(5)10(13)14-11(2,3)4/h6-9H,1-5H3/b7-6+,9-8+. The van der Waals surface area contributed by atoms with Gasteiger partial charge in [-0.05, 0) is 33.8 Å². The predicted molar refractivity (Wildman–Crippen MR) is 58.0 cm³/mol. The molecule has 0 radical (unpaired) electrons. The average molecular weight is 197 g/mol. The van der Waals surface area contributed by atoms with Crippen LogP contribution in [0.25, 0.3) is 0 Å². The zero-order valence-corrected chi connectivity index (χ0v) is 9.57. The summed E-state index contributed by atoms with van der Waals surface area (Å²) < 4.78 is 5.14. The minimum Gasteiger partial charge on any atom is -0.443 e. The molecule has 0 aliphatic carbocycles. The van der Waals surface area contributed by atoms with Gasteiger partial charge in [-0.3, -0.25) is 4.90 Å². The van der Waals surface area contributed by atoms with E-state index in [4.69, 9.17) is 4.74 Å². The Hall–Kier alpha value is -1.25. The second kappa shape index (κ2) is 5.47. The summed E-state index contributed by atoms with van der Waals surface area (Å²) >= 11 is 0. The van der Waals surface area contributed by atoms with E-state index in [1.807, 2.05) is 39.8 Å². The van der Waals surface area contributed by atoms with E-state index in [0.717, 1.165) is 0 Å². The molecule has 0 saturated heterocycles. The molecule has 0 heterocycles. The zero-order valence-electron chi connectivity index (χ0n) is 9.57. The van der Waals surface area contributed by atoms with Crippen LogP contribution >= 0.6 is 0 Å². The summed E-state index contributed by atoms with van der Waals surface area (Å²) in [5.41, 5.74) is -0.445. The summed E-state index contributed by atoms with van der Waals surface area (Å²) in [6.07, 6.45) is 6.83. The lowest BCUT2D eigenvalue weighted by molar-refractivity contribution is 0.0372. The maximum absolute atomic E-state index is 11.4. The van der Waals surface area contributed by atoms with Gasteiger partial charge < -0.3 is 4.74 Å². The van der Waals surface area contributed by atoms with Crippen LogP contribution < -0.4 is 0 Å². The molecule has 3 nitrogen and oxygen atoms in total. The summed E-state index contributed by atoms with van der Waals surface area (Å²) in [4.78, 5) is 12.8. The number of carbonyl (C=O) groups is 1. The number of hydrogen-bond acceptors (Lipinski definition) is 2. The van der Waals surface area contributed by atoms with Gasteiger partial charge >= 0.3 is 6.09 Å². The fraction of sp³-hybridized carbons (Fsp3) is 0.545. The first-order valence-corrected chi connectivity index (χ1v) is 4.62. The number of carbonyl (C=O) groups excluding carboxylic acids is 1. The highest BCUT2D eigenvalue weighted by atomic mass is 16.6. The second-order valence-corrected chi connectivity index (χ2v) is 3.96. The van der Waals surface area contributed by atoms with Crippen LogP contribution in [0.15, 0.2) is 24.4 Å². The van der Waals surface area contributed by atoms with Gasteiger partial charge in [0.05, 0.1) is 0 Å². The molecule has 80 valence electrons. The van der Waals surface area contributed by atoms with Gasteiger partial charge in [-0.25, -0.2) is 4.79 Å². The van der Waals surface area contributed by atoms with E-state index in [1.165, 1.54) is 4.90 Å². The largest absolute Gasteiger partial charge is 0.443 e.